The van der Waals surface area contributed by atoms with Crippen LogP contribution in [0.5, 0.6) is 0 Å². The van der Waals surface area contributed by atoms with Crippen molar-refractivity contribution in [3.63, 3.8) is 0 Å². The van der Waals surface area contributed by atoms with E-state index >= 15 is 0 Å². The maximum absolute atomic E-state index is 9.46. The summed E-state index contributed by atoms with van der Waals surface area (Å²) in [6, 6.07) is 3.54. The van der Waals surface area contributed by atoms with E-state index in [2.05, 4.69) is 42.6 Å². The van der Waals surface area contributed by atoms with Crippen LogP contribution >= 0.6 is 11.6 Å². The van der Waals surface area contributed by atoms with Crippen LogP contribution in [0, 0.1) is 46.8 Å². The molecule has 0 radical (unpaired) electrons. The molecule has 0 spiro atoms. The van der Waals surface area contributed by atoms with Gasteiger partial charge in [-0.05, 0) is 75.5 Å². The Balaban J connectivity index is 1.38. The average Bonchev–Trinajstić information content (AvgIpc) is 2.83. The Kier molecular flexibility index (Phi) is 6.79. The minimum atomic E-state index is 0.0859. The second-order valence-corrected chi connectivity index (χ2v) is 11.6. The van der Waals surface area contributed by atoms with Crippen molar-refractivity contribution in [1.29, 1.82) is 5.26 Å². The van der Waals surface area contributed by atoms with Crippen molar-refractivity contribution >= 4 is 17.4 Å². The number of fused-ring (bicyclic) bond motifs is 1. The normalized spacial score (nSPS) is 42.0. The molecule has 1 N–H and O–H groups in total. The van der Waals surface area contributed by atoms with Crippen molar-refractivity contribution in [2.45, 2.75) is 89.6 Å². The van der Waals surface area contributed by atoms with Crippen molar-refractivity contribution in [3.05, 3.63) is 34.9 Å². The molecule has 4 aliphatic carbocycles. The van der Waals surface area contributed by atoms with Gasteiger partial charge in [-0.3, -0.25) is 4.99 Å². The predicted octanol–water partition coefficient (Wildman–Crippen LogP) is 6.92. The predicted molar refractivity (Wildman–Crippen MR) is 132 cm³/mol. The van der Waals surface area contributed by atoms with Crippen molar-refractivity contribution in [1.82, 2.24) is 5.32 Å². The molecule has 8 atom stereocenters. The molecule has 4 heteroatoms. The lowest BCUT2D eigenvalue weighted by molar-refractivity contribution is 0.169. The first-order valence-electron chi connectivity index (χ1n) is 13.1. The third-order valence-corrected chi connectivity index (χ3v) is 9.14. The Bertz CT molecular complexity index is 862. The quantitative estimate of drug-likeness (QED) is 0.473. The number of nitrogens with one attached hydrogen (secondary N) is 1. The van der Waals surface area contributed by atoms with Crippen LogP contribution in [0.15, 0.2) is 39.9 Å². The molecule has 3 nitrogen and oxygen atoms in total. The fraction of sp³-hybridized carbons (Fsp3) is 0.714. The minimum absolute atomic E-state index is 0.0859. The molecule has 1 aliphatic heterocycles. The average molecular weight is 452 g/mol. The summed E-state index contributed by atoms with van der Waals surface area (Å²) in [4.78, 5) is 5.52. The molecule has 172 valence electrons. The number of rotatable bonds is 3. The van der Waals surface area contributed by atoms with Crippen LogP contribution in [0.1, 0.15) is 77.6 Å². The number of aliphatic imine (C=N–C) groups is 1. The highest BCUT2D eigenvalue weighted by atomic mass is 35.5. The molecule has 0 aromatic rings. The van der Waals surface area contributed by atoms with Gasteiger partial charge in [0.25, 0.3) is 0 Å². The van der Waals surface area contributed by atoms with Gasteiger partial charge >= 0.3 is 0 Å². The van der Waals surface area contributed by atoms with E-state index in [1.165, 1.54) is 44.4 Å². The van der Waals surface area contributed by atoms with E-state index < -0.39 is 0 Å². The molecule has 32 heavy (non-hydrogen) atoms. The Morgan fingerprint density at radius 3 is 2.81 bits per heavy atom. The van der Waals surface area contributed by atoms with E-state index in [9.17, 15) is 5.26 Å². The molecule has 1 heterocycles. The van der Waals surface area contributed by atoms with Gasteiger partial charge in [0.2, 0.25) is 0 Å². The van der Waals surface area contributed by atoms with Gasteiger partial charge in [-0.1, -0.05) is 61.2 Å². The van der Waals surface area contributed by atoms with Gasteiger partial charge in [0.15, 0.2) is 0 Å². The van der Waals surface area contributed by atoms with E-state index in [-0.39, 0.29) is 5.92 Å². The second-order valence-electron chi connectivity index (χ2n) is 11.1. The zero-order valence-corrected chi connectivity index (χ0v) is 20.2. The first-order chi connectivity index (χ1) is 15.6. The number of nitriles is 1. The first-order valence-corrected chi connectivity index (χ1v) is 13.4. The van der Waals surface area contributed by atoms with Gasteiger partial charge in [0.1, 0.15) is 5.84 Å². The van der Waals surface area contributed by atoms with Crippen LogP contribution in [-0.4, -0.2) is 17.9 Å². The molecule has 5 rings (SSSR count). The summed E-state index contributed by atoms with van der Waals surface area (Å²) in [5, 5.41) is 14.4. The first kappa shape index (κ1) is 22.3. The molecule has 0 aromatic carbocycles. The molecular formula is C28H38ClN3. The van der Waals surface area contributed by atoms with Crippen LogP contribution in [-0.2, 0) is 0 Å². The van der Waals surface area contributed by atoms with Gasteiger partial charge in [-0.2, -0.15) is 5.26 Å². The second kappa shape index (κ2) is 9.76. The highest BCUT2D eigenvalue weighted by molar-refractivity contribution is 6.29. The van der Waals surface area contributed by atoms with Crippen LogP contribution in [0.3, 0.4) is 0 Å². The van der Waals surface area contributed by atoms with Crippen LogP contribution < -0.4 is 5.32 Å². The number of halogens is 1. The van der Waals surface area contributed by atoms with Crippen molar-refractivity contribution in [2.24, 2.45) is 40.5 Å². The number of nitrogens with zero attached hydrogens (tertiary/aromatic N) is 2. The van der Waals surface area contributed by atoms with Crippen molar-refractivity contribution in [3.8, 4) is 6.07 Å². The topological polar surface area (TPSA) is 48.2 Å². The summed E-state index contributed by atoms with van der Waals surface area (Å²) in [5.74, 6) is 4.37. The Hall–Kier alpha value is -1.53. The van der Waals surface area contributed by atoms with Gasteiger partial charge in [-0.25, -0.2) is 0 Å². The highest BCUT2D eigenvalue weighted by Gasteiger charge is 2.42. The lowest BCUT2D eigenvalue weighted by Crippen LogP contribution is -2.54. The summed E-state index contributed by atoms with van der Waals surface area (Å²) in [6.45, 7) is 2.39. The molecule has 0 amide bonds. The fourth-order valence-corrected chi connectivity index (χ4v) is 7.37. The zero-order chi connectivity index (χ0) is 22.1. The monoisotopic (exact) mass is 451 g/mol. The van der Waals surface area contributed by atoms with E-state index in [1.54, 1.807) is 5.57 Å². The molecule has 1 fully saturated rings. The maximum atomic E-state index is 9.46. The van der Waals surface area contributed by atoms with Crippen molar-refractivity contribution < 1.29 is 0 Å². The van der Waals surface area contributed by atoms with E-state index in [1.807, 2.05) is 0 Å². The summed E-state index contributed by atoms with van der Waals surface area (Å²) < 4.78 is 0. The summed E-state index contributed by atoms with van der Waals surface area (Å²) >= 11 is 6.28. The van der Waals surface area contributed by atoms with Crippen LogP contribution in [0.25, 0.3) is 0 Å². The molecular weight excluding hydrogens is 414 g/mol. The smallest absolute Gasteiger partial charge is 0.100 e. The van der Waals surface area contributed by atoms with E-state index in [4.69, 9.17) is 16.6 Å². The van der Waals surface area contributed by atoms with E-state index in [0.29, 0.717) is 41.7 Å². The van der Waals surface area contributed by atoms with Gasteiger partial charge in [0, 0.05) is 22.9 Å². The summed E-state index contributed by atoms with van der Waals surface area (Å²) in [6.07, 6.45) is 22.1. The number of hydrogen-bond donors (Lipinski definition) is 1. The molecule has 0 saturated heterocycles. The fourth-order valence-electron chi connectivity index (χ4n) is 7.17. The lowest BCUT2D eigenvalue weighted by atomic mass is 9.67. The molecule has 5 aliphatic rings. The minimum Gasteiger partial charge on any atom is -0.370 e. The maximum Gasteiger partial charge on any atom is 0.100 e. The summed E-state index contributed by atoms with van der Waals surface area (Å²) in [7, 11) is 0. The van der Waals surface area contributed by atoms with Gasteiger partial charge in [0.05, 0.1) is 18.0 Å². The Morgan fingerprint density at radius 2 is 2.00 bits per heavy atom. The largest absolute Gasteiger partial charge is 0.370 e. The SMILES string of the molecule is CC1C=C(C2CC=CC(C#N)C2)CC(C2N=C(C3CC=C(Cl)CC3)NC3CCCCC32)C1. The Labute approximate surface area is 199 Å². The highest BCUT2D eigenvalue weighted by Crippen LogP contribution is 2.44. The Morgan fingerprint density at radius 1 is 1.12 bits per heavy atom. The molecule has 8 unspecified atom stereocenters. The molecule has 0 bridgehead atoms. The molecule has 1 saturated carbocycles. The number of amidine groups is 1. The van der Waals surface area contributed by atoms with Crippen LogP contribution in [0.4, 0.5) is 0 Å². The lowest BCUT2D eigenvalue weighted by Gasteiger charge is -2.46. The van der Waals surface area contributed by atoms with Crippen LogP contribution in [0.2, 0.25) is 0 Å². The van der Waals surface area contributed by atoms with E-state index in [0.717, 1.165) is 37.1 Å². The molecule has 0 aromatic heterocycles. The van der Waals surface area contributed by atoms with Crippen molar-refractivity contribution in [2.75, 3.05) is 0 Å². The third kappa shape index (κ3) is 4.72. The zero-order valence-electron chi connectivity index (χ0n) is 19.5. The third-order valence-electron chi connectivity index (χ3n) is 8.79. The standard InChI is InChI=1S/C28H38ClN3/c1-18-13-22(21-6-4-5-19(15-21)17-30)16-23(14-18)27-25-7-2-3-8-26(25)31-28(32-27)20-9-11-24(29)12-10-20/h4-5,11,13,18-21,23,25-27H,2-3,6-10,12,14-16H2,1H3,(H,31,32). The number of hydrogen-bond acceptors (Lipinski definition) is 3. The van der Waals surface area contributed by atoms with Gasteiger partial charge in [-0.15, -0.1) is 0 Å². The van der Waals surface area contributed by atoms with Gasteiger partial charge < -0.3 is 5.32 Å². The summed E-state index contributed by atoms with van der Waals surface area (Å²) in [5.41, 5.74) is 1.62. The number of allylic oxidation sites excluding steroid dienone is 6.